The van der Waals surface area contributed by atoms with E-state index in [1.54, 1.807) is 0 Å². The standard InChI is InChI=1S/C10H9BrFNO2/c11-8-5-3-4-10(13,9(14)15)6(5)1-2-7(8)12/h1-2H,3-4,13H2,(H,14,15)/t10-/m0/s1. The van der Waals surface area contributed by atoms with Crippen LogP contribution in [0.3, 0.4) is 0 Å². The van der Waals surface area contributed by atoms with Gasteiger partial charge in [-0.1, -0.05) is 6.07 Å². The summed E-state index contributed by atoms with van der Waals surface area (Å²) in [6, 6.07) is 2.69. The lowest BCUT2D eigenvalue weighted by Crippen LogP contribution is -2.42. The Morgan fingerprint density at radius 3 is 2.87 bits per heavy atom. The molecule has 1 atom stereocenters. The average Bonchev–Trinajstić information content (AvgIpc) is 2.52. The predicted molar refractivity (Wildman–Crippen MR) is 55.9 cm³/mol. The molecule has 1 aromatic rings. The van der Waals surface area contributed by atoms with Crippen molar-refractivity contribution in [2.45, 2.75) is 18.4 Å². The molecule has 1 aliphatic rings. The SMILES string of the molecule is N[C@@]1(C(=O)O)CCc2c1ccc(F)c2Br. The van der Waals surface area contributed by atoms with Gasteiger partial charge in [0, 0.05) is 0 Å². The lowest BCUT2D eigenvalue weighted by molar-refractivity contribution is -0.143. The van der Waals surface area contributed by atoms with Crippen LogP contribution in [0.1, 0.15) is 17.5 Å². The molecule has 1 aliphatic carbocycles. The molecule has 0 bridgehead atoms. The fourth-order valence-corrected chi connectivity index (χ4v) is 2.48. The van der Waals surface area contributed by atoms with E-state index in [9.17, 15) is 9.18 Å². The van der Waals surface area contributed by atoms with Crippen molar-refractivity contribution in [3.63, 3.8) is 0 Å². The Bertz CT molecular complexity index is 449. The zero-order chi connectivity index (χ0) is 11.2. The van der Waals surface area contributed by atoms with Crippen LogP contribution in [0, 0.1) is 5.82 Å². The van der Waals surface area contributed by atoms with Crippen molar-refractivity contribution in [1.29, 1.82) is 0 Å². The zero-order valence-electron chi connectivity index (χ0n) is 7.76. The molecule has 15 heavy (non-hydrogen) atoms. The molecule has 0 aromatic heterocycles. The molecule has 0 fully saturated rings. The normalized spacial score (nSPS) is 23.9. The molecule has 0 aliphatic heterocycles. The minimum absolute atomic E-state index is 0.305. The van der Waals surface area contributed by atoms with E-state index in [1.165, 1.54) is 12.1 Å². The number of rotatable bonds is 1. The number of nitrogens with two attached hydrogens (primary N) is 1. The van der Waals surface area contributed by atoms with Crippen molar-refractivity contribution in [3.8, 4) is 0 Å². The van der Waals surface area contributed by atoms with Gasteiger partial charge in [-0.3, -0.25) is 0 Å². The average molecular weight is 274 g/mol. The lowest BCUT2D eigenvalue weighted by atomic mass is 9.93. The van der Waals surface area contributed by atoms with Crippen molar-refractivity contribution in [2.75, 3.05) is 0 Å². The smallest absolute Gasteiger partial charge is 0.328 e. The molecule has 2 rings (SSSR count). The molecule has 0 unspecified atom stereocenters. The third-order valence-electron chi connectivity index (χ3n) is 2.83. The maximum absolute atomic E-state index is 13.2. The van der Waals surface area contributed by atoms with Gasteiger partial charge < -0.3 is 10.8 Å². The summed E-state index contributed by atoms with van der Waals surface area (Å²) in [5.41, 5.74) is 5.59. The summed E-state index contributed by atoms with van der Waals surface area (Å²) in [6.07, 6.45) is 0.788. The molecule has 1 aromatic carbocycles. The Kier molecular flexibility index (Phi) is 2.31. The van der Waals surface area contributed by atoms with Crippen LogP contribution < -0.4 is 5.73 Å². The summed E-state index contributed by atoms with van der Waals surface area (Å²) in [6.45, 7) is 0. The number of fused-ring (bicyclic) bond motifs is 1. The van der Waals surface area contributed by atoms with Crippen LogP contribution >= 0.6 is 15.9 Å². The van der Waals surface area contributed by atoms with Crippen LogP contribution in [0.15, 0.2) is 16.6 Å². The van der Waals surface area contributed by atoms with Crippen LogP contribution in [-0.4, -0.2) is 11.1 Å². The molecule has 0 spiro atoms. The fourth-order valence-electron chi connectivity index (χ4n) is 1.93. The number of carbonyl (C=O) groups is 1. The van der Waals surface area contributed by atoms with E-state index in [2.05, 4.69) is 15.9 Å². The second-order valence-electron chi connectivity index (χ2n) is 3.66. The van der Waals surface area contributed by atoms with Crippen LogP contribution in [0.4, 0.5) is 4.39 Å². The summed E-state index contributed by atoms with van der Waals surface area (Å²) < 4.78 is 13.5. The zero-order valence-corrected chi connectivity index (χ0v) is 9.34. The summed E-state index contributed by atoms with van der Waals surface area (Å²) in [5, 5.41) is 9.05. The first-order valence-electron chi connectivity index (χ1n) is 4.46. The molecule has 5 heteroatoms. The Morgan fingerprint density at radius 2 is 2.27 bits per heavy atom. The van der Waals surface area contributed by atoms with Gasteiger partial charge in [-0.2, -0.15) is 0 Å². The monoisotopic (exact) mass is 273 g/mol. The number of hydrogen-bond donors (Lipinski definition) is 2. The van der Waals surface area contributed by atoms with Crippen molar-refractivity contribution < 1.29 is 14.3 Å². The number of carboxylic acid groups (broad SMARTS) is 1. The van der Waals surface area contributed by atoms with Crippen LogP contribution in [0.5, 0.6) is 0 Å². The van der Waals surface area contributed by atoms with Gasteiger partial charge in [-0.15, -0.1) is 0 Å². The molecule has 3 N–H and O–H groups in total. The summed E-state index contributed by atoms with van der Waals surface area (Å²) in [5.74, 6) is -1.46. The van der Waals surface area contributed by atoms with Gasteiger partial charge in [0.25, 0.3) is 0 Å². The van der Waals surface area contributed by atoms with Crippen molar-refractivity contribution in [3.05, 3.63) is 33.5 Å². The largest absolute Gasteiger partial charge is 0.480 e. The highest BCUT2D eigenvalue weighted by molar-refractivity contribution is 9.10. The Morgan fingerprint density at radius 1 is 1.60 bits per heavy atom. The van der Waals surface area contributed by atoms with Crippen molar-refractivity contribution in [1.82, 2.24) is 0 Å². The quantitative estimate of drug-likeness (QED) is 0.820. The number of carboxylic acids is 1. The van der Waals surface area contributed by atoms with Crippen LogP contribution in [0.25, 0.3) is 0 Å². The van der Waals surface area contributed by atoms with E-state index < -0.39 is 11.5 Å². The Balaban J connectivity index is 2.63. The topological polar surface area (TPSA) is 63.3 Å². The maximum atomic E-state index is 13.2. The summed E-state index contributed by atoms with van der Waals surface area (Å²) >= 11 is 3.11. The minimum Gasteiger partial charge on any atom is -0.480 e. The molecule has 0 amide bonds. The van der Waals surface area contributed by atoms with Gasteiger partial charge in [-0.25, -0.2) is 9.18 Å². The van der Waals surface area contributed by atoms with Gasteiger partial charge >= 0.3 is 5.97 Å². The second-order valence-corrected chi connectivity index (χ2v) is 4.46. The Labute approximate surface area is 94.2 Å². The predicted octanol–water partition coefficient (Wildman–Crippen LogP) is 1.77. The van der Waals surface area contributed by atoms with Gasteiger partial charge in [0.15, 0.2) is 0 Å². The minimum atomic E-state index is -1.37. The molecular weight excluding hydrogens is 265 g/mol. The van der Waals surface area contributed by atoms with E-state index in [4.69, 9.17) is 10.8 Å². The van der Waals surface area contributed by atoms with E-state index in [1.807, 2.05) is 0 Å². The van der Waals surface area contributed by atoms with E-state index in [0.717, 1.165) is 0 Å². The molecular formula is C10H9BrFNO2. The second kappa shape index (κ2) is 3.28. The third kappa shape index (κ3) is 1.38. The first kappa shape index (κ1) is 10.6. The van der Waals surface area contributed by atoms with E-state index in [-0.39, 0.29) is 5.82 Å². The van der Waals surface area contributed by atoms with E-state index in [0.29, 0.717) is 28.4 Å². The van der Waals surface area contributed by atoms with Gasteiger partial charge in [-0.05, 0) is 46.0 Å². The highest BCUT2D eigenvalue weighted by atomic mass is 79.9. The number of aliphatic carboxylic acids is 1. The third-order valence-corrected chi connectivity index (χ3v) is 3.69. The fraction of sp³-hybridized carbons (Fsp3) is 0.300. The first-order chi connectivity index (χ1) is 6.97. The highest BCUT2D eigenvalue weighted by Crippen LogP contribution is 2.39. The molecule has 0 saturated carbocycles. The molecule has 3 nitrogen and oxygen atoms in total. The maximum Gasteiger partial charge on any atom is 0.328 e. The lowest BCUT2D eigenvalue weighted by Gasteiger charge is -2.19. The van der Waals surface area contributed by atoms with Gasteiger partial charge in [0.1, 0.15) is 11.4 Å². The Hall–Kier alpha value is -0.940. The highest BCUT2D eigenvalue weighted by Gasteiger charge is 2.43. The molecule has 0 radical (unpaired) electrons. The van der Waals surface area contributed by atoms with Crippen LogP contribution in [-0.2, 0) is 16.8 Å². The van der Waals surface area contributed by atoms with E-state index >= 15 is 0 Å². The number of halogens is 2. The molecule has 0 heterocycles. The number of hydrogen-bond acceptors (Lipinski definition) is 2. The first-order valence-corrected chi connectivity index (χ1v) is 5.26. The summed E-state index contributed by atoms with van der Waals surface area (Å²) in [7, 11) is 0. The van der Waals surface area contributed by atoms with Gasteiger partial charge in [0.2, 0.25) is 0 Å². The number of benzene rings is 1. The van der Waals surface area contributed by atoms with Gasteiger partial charge in [0.05, 0.1) is 4.47 Å². The van der Waals surface area contributed by atoms with Crippen molar-refractivity contribution >= 4 is 21.9 Å². The molecule has 0 saturated heterocycles. The van der Waals surface area contributed by atoms with Crippen molar-refractivity contribution in [2.24, 2.45) is 5.73 Å². The molecule has 80 valence electrons. The van der Waals surface area contributed by atoms with Crippen LogP contribution in [0.2, 0.25) is 0 Å². The summed E-state index contributed by atoms with van der Waals surface area (Å²) in [4.78, 5) is 11.0.